The number of aromatic nitrogens is 2. The summed E-state index contributed by atoms with van der Waals surface area (Å²) in [5, 5.41) is 3.61. The first-order valence-electron chi connectivity index (χ1n) is 3.05. The molecule has 66 valence electrons. The highest BCUT2D eigenvalue weighted by Gasteiger charge is 2.01. The monoisotopic (exact) mass is 189 g/mol. The number of carbonyl (C=O) groups excluding carboxylic acids is 1. The van der Waals surface area contributed by atoms with Gasteiger partial charge in [-0.15, -0.1) is 0 Å². The molecule has 1 rings (SSSR count). The van der Waals surface area contributed by atoms with Gasteiger partial charge in [-0.2, -0.15) is 5.10 Å². The maximum Gasteiger partial charge on any atom is 0.239 e. The average molecular weight is 189 g/mol. The van der Waals surface area contributed by atoms with Crippen molar-refractivity contribution in [2.24, 2.45) is 5.73 Å². The molecule has 0 radical (unpaired) electrons. The van der Waals surface area contributed by atoms with Crippen molar-refractivity contribution in [3.63, 3.8) is 0 Å². The van der Waals surface area contributed by atoms with Crippen LogP contribution < -0.4 is 5.73 Å². The Bertz CT molecular complexity index is 360. The SMILES string of the molecule is NC(=O)Cn1cc([SH](=O)=O)cn1. The quantitative estimate of drug-likeness (QED) is 0.556. The molecule has 1 aromatic heterocycles. The third-order valence-corrected chi connectivity index (χ3v) is 1.80. The number of thiol groups is 1. The Balaban J connectivity index is 2.84. The van der Waals surface area contributed by atoms with Gasteiger partial charge < -0.3 is 5.73 Å². The van der Waals surface area contributed by atoms with E-state index in [1.165, 1.54) is 10.9 Å². The van der Waals surface area contributed by atoms with Gasteiger partial charge in [0.2, 0.25) is 5.91 Å². The van der Waals surface area contributed by atoms with Crippen LogP contribution in [-0.4, -0.2) is 24.1 Å². The molecule has 0 spiro atoms. The average Bonchev–Trinajstić information content (AvgIpc) is 2.34. The molecule has 0 aromatic carbocycles. The highest BCUT2D eigenvalue weighted by atomic mass is 32.2. The summed E-state index contributed by atoms with van der Waals surface area (Å²) >= 11 is 0. The molecule has 0 aliphatic heterocycles. The predicted molar refractivity (Wildman–Crippen MR) is 40.0 cm³/mol. The molecule has 0 atom stereocenters. The first kappa shape index (κ1) is 8.72. The lowest BCUT2D eigenvalue weighted by Crippen LogP contribution is -2.18. The van der Waals surface area contributed by atoms with Gasteiger partial charge in [0, 0.05) is 6.20 Å². The minimum absolute atomic E-state index is 0.0752. The highest BCUT2D eigenvalue weighted by molar-refractivity contribution is 7.72. The summed E-state index contributed by atoms with van der Waals surface area (Å²) in [6.07, 6.45) is 2.41. The van der Waals surface area contributed by atoms with Crippen LogP contribution >= 0.6 is 0 Å². The third-order valence-electron chi connectivity index (χ3n) is 1.15. The van der Waals surface area contributed by atoms with Crippen molar-refractivity contribution in [3.05, 3.63) is 12.4 Å². The van der Waals surface area contributed by atoms with E-state index in [4.69, 9.17) is 5.73 Å². The van der Waals surface area contributed by atoms with Crippen LogP contribution in [0.1, 0.15) is 0 Å². The Labute approximate surface area is 69.9 Å². The van der Waals surface area contributed by atoms with Crippen LogP contribution in [0.3, 0.4) is 0 Å². The van der Waals surface area contributed by atoms with Crippen LogP contribution in [0.25, 0.3) is 0 Å². The van der Waals surface area contributed by atoms with Gasteiger partial charge in [-0.1, -0.05) is 0 Å². The Hall–Kier alpha value is -1.37. The fraction of sp³-hybridized carbons (Fsp3) is 0.200. The molecule has 2 N–H and O–H groups in total. The Morgan fingerprint density at radius 2 is 2.33 bits per heavy atom. The lowest BCUT2D eigenvalue weighted by Gasteiger charge is -1.92. The second-order valence-corrected chi connectivity index (χ2v) is 3.15. The minimum atomic E-state index is -2.64. The normalized spacial score (nSPS) is 10.4. The van der Waals surface area contributed by atoms with Gasteiger partial charge in [-0.05, 0) is 0 Å². The van der Waals surface area contributed by atoms with E-state index in [9.17, 15) is 13.2 Å². The van der Waals surface area contributed by atoms with Gasteiger partial charge in [0.1, 0.15) is 11.4 Å². The van der Waals surface area contributed by atoms with Gasteiger partial charge in [0.25, 0.3) is 0 Å². The van der Waals surface area contributed by atoms with Gasteiger partial charge in [0.15, 0.2) is 10.7 Å². The van der Waals surface area contributed by atoms with Crippen LogP contribution in [-0.2, 0) is 22.0 Å². The van der Waals surface area contributed by atoms with E-state index < -0.39 is 16.6 Å². The van der Waals surface area contributed by atoms with Crippen molar-refractivity contribution in [3.8, 4) is 0 Å². The zero-order valence-electron chi connectivity index (χ0n) is 6.01. The zero-order chi connectivity index (χ0) is 9.14. The van der Waals surface area contributed by atoms with Gasteiger partial charge in [-0.25, -0.2) is 8.42 Å². The van der Waals surface area contributed by atoms with Crippen molar-refractivity contribution in [1.29, 1.82) is 0 Å². The Morgan fingerprint density at radius 1 is 1.67 bits per heavy atom. The maximum absolute atomic E-state index is 10.4. The number of nitrogens with two attached hydrogens (primary N) is 1. The molecule has 0 saturated carbocycles. The number of amides is 1. The number of hydrogen-bond acceptors (Lipinski definition) is 4. The zero-order valence-corrected chi connectivity index (χ0v) is 6.90. The number of carbonyl (C=O) groups is 1. The van der Waals surface area contributed by atoms with Crippen molar-refractivity contribution < 1.29 is 13.2 Å². The number of rotatable bonds is 3. The van der Waals surface area contributed by atoms with Gasteiger partial charge in [0.05, 0.1) is 6.20 Å². The molecule has 12 heavy (non-hydrogen) atoms. The predicted octanol–water partition coefficient (Wildman–Crippen LogP) is -1.66. The van der Waals surface area contributed by atoms with Crippen molar-refractivity contribution in [2.45, 2.75) is 11.4 Å². The van der Waals surface area contributed by atoms with Crippen molar-refractivity contribution >= 4 is 16.6 Å². The summed E-state index contributed by atoms with van der Waals surface area (Å²) in [6, 6.07) is 0. The summed E-state index contributed by atoms with van der Waals surface area (Å²) < 4.78 is 21.9. The third kappa shape index (κ3) is 2.06. The molecule has 0 saturated heterocycles. The molecule has 6 nitrogen and oxygen atoms in total. The highest BCUT2D eigenvalue weighted by Crippen LogP contribution is 1.97. The van der Waals surface area contributed by atoms with Crippen LogP contribution in [0.15, 0.2) is 17.3 Å². The number of nitrogens with zero attached hydrogens (tertiary/aromatic N) is 2. The summed E-state index contributed by atoms with van der Waals surface area (Å²) in [5.74, 6) is -0.564. The molecule has 0 bridgehead atoms. The molecule has 0 aliphatic rings. The molecule has 1 amide bonds. The lowest BCUT2D eigenvalue weighted by atomic mass is 10.6. The summed E-state index contributed by atoms with van der Waals surface area (Å²) in [4.78, 5) is 10.4. The van der Waals surface area contributed by atoms with Gasteiger partial charge in [-0.3, -0.25) is 9.48 Å². The van der Waals surface area contributed by atoms with Crippen LogP contribution in [0.4, 0.5) is 0 Å². The van der Waals surface area contributed by atoms with E-state index in [0.29, 0.717) is 0 Å². The molecule has 0 aliphatic carbocycles. The van der Waals surface area contributed by atoms with E-state index >= 15 is 0 Å². The standard InChI is InChI=1S/C5H7N3O3S/c6-5(9)3-8-2-4(1-7-8)12(10)11/h1-2,12H,3H2,(H2,6,9). The van der Waals surface area contributed by atoms with Crippen molar-refractivity contribution in [1.82, 2.24) is 9.78 Å². The fourth-order valence-electron chi connectivity index (χ4n) is 0.693. The maximum atomic E-state index is 10.4. The first-order valence-corrected chi connectivity index (χ1v) is 4.22. The van der Waals surface area contributed by atoms with E-state index in [1.54, 1.807) is 0 Å². The van der Waals surface area contributed by atoms with E-state index in [-0.39, 0.29) is 11.4 Å². The molecule has 0 unspecified atom stereocenters. The Kier molecular flexibility index (Phi) is 2.44. The molecule has 0 fully saturated rings. The molecule has 1 heterocycles. The topological polar surface area (TPSA) is 95.0 Å². The second kappa shape index (κ2) is 3.35. The summed E-state index contributed by atoms with van der Waals surface area (Å²) in [5.41, 5.74) is 4.86. The summed E-state index contributed by atoms with van der Waals surface area (Å²) in [6.45, 7) is -0.108. The van der Waals surface area contributed by atoms with E-state index in [2.05, 4.69) is 5.10 Å². The molecular formula is C5H7N3O3S. The fourth-order valence-corrected chi connectivity index (χ4v) is 1.07. The van der Waals surface area contributed by atoms with Crippen LogP contribution in [0.5, 0.6) is 0 Å². The number of primary amides is 1. The first-order chi connectivity index (χ1) is 5.59. The Morgan fingerprint density at radius 3 is 2.75 bits per heavy atom. The second-order valence-electron chi connectivity index (χ2n) is 2.12. The summed E-state index contributed by atoms with van der Waals surface area (Å²) in [7, 11) is -2.64. The minimum Gasteiger partial charge on any atom is -0.368 e. The largest absolute Gasteiger partial charge is 0.368 e. The van der Waals surface area contributed by atoms with E-state index in [0.717, 1.165) is 6.20 Å². The van der Waals surface area contributed by atoms with Crippen LogP contribution in [0.2, 0.25) is 0 Å². The van der Waals surface area contributed by atoms with Crippen LogP contribution in [0, 0.1) is 0 Å². The molecule has 1 aromatic rings. The molecule has 7 heteroatoms. The van der Waals surface area contributed by atoms with Crippen molar-refractivity contribution in [2.75, 3.05) is 0 Å². The molecular weight excluding hydrogens is 182 g/mol. The van der Waals surface area contributed by atoms with E-state index in [1.807, 2.05) is 0 Å². The number of hydrogen-bond donors (Lipinski definition) is 2. The smallest absolute Gasteiger partial charge is 0.239 e. The van der Waals surface area contributed by atoms with Gasteiger partial charge >= 0.3 is 0 Å². The lowest BCUT2D eigenvalue weighted by molar-refractivity contribution is -0.118.